The summed E-state index contributed by atoms with van der Waals surface area (Å²) in [5.74, 6) is 1.52. The first-order valence-corrected chi connectivity index (χ1v) is 10.1. The SMILES string of the molecule is COc1cc(C=Cc2ccc(OC)c([N+](=O)[O-])c2)cc(OCCOC2CCCCO2)c1. The van der Waals surface area contributed by atoms with E-state index in [1.165, 1.54) is 13.2 Å². The number of nitro benzene ring substituents is 1. The molecule has 0 N–H and O–H groups in total. The average molecular weight is 429 g/mol. The quantitative estimate of drug-likeness (QED) is 0.234. The lowest BCUT2D eigenvalue weighted by Crippen LogP contribution is -2.24. The smallest absolute Gasteiger partial charge is 0.311 e. The number of nitrogens with zero attached hydrogens (tertiary/aromatic N) is 1. The molecule has 0 aromatic heterocycles. The zero-order chi connectivity index (χ0) is 22.1. The summed E-state index contributed by atoms with van der Waals surface area (Å²) in [4.78, 5) is 10.7. The van der Waals surface area contributed by atoms with E-state index < -0.39 is 4.92 Å². The number of hydrogen-bond acceptors (Lipinski definition) is 7. The van der Waals surface area contributed by atoms with Gasteiger partial charge in [0.25, 0.3) is 0 Å². The maximum Gasteiger partial charge on any atom is 0.311 e. The molecule has 2 aromatic rings. The van der Waals surface area contributed by atoms with Gasteiger partial charge >= 0.3 is 5.69 Å². The Bertz CT molecular complexity index is 907. The molecule has 1 aliphatic heterocycles. The van der Waals surface area contributed by atoms with Crippen molar-refractivity contribution in [3.63, 3.8) is 0 Å². The van der Waals surface area contributed by atoms with Crippen LogP contribution in [0.3, 0.4) is 0 Å². The van der Waals surface area contributed by atoms with Gasteiger partial charge in [-0.05, 0) is 48.6 Å². The van der Waals surface area contributed by atoms with Crippen LogP contribution in [0.1, 0.15) is 30.4 Å². The van der Waals surface area contributed by atoms with Crippen molar-refractivity contribution in [1.29, 1.82) is 0 Å². The molecule has 1 fully saturated rings. The summed E-state index contributed by atoms with van der Waals surface area (Å²) >= 11 is 0. The second-order valence-corrected chi connectivity index (χ2v) is 6.98. The molecule has 0 amide bonds. The van der Waals surface area contributed by atoms with Crippen LogP contribution in [0, 0.1) is 10.1 Å². The molecule has 0 radical (unpaired) electrons. The molecule has 0 saturated carbocycles. The molecular weight excluding hydrogens is 402 g/mol. The van der Waals surface area contributed by atoms with E-state index in [4.69, 9.17) is 23.7 Å². The van der Waals surface area contributed by atoms with Gasteiger partial charge in [-0.15, -0.1) is 0 Å². The van der Waals surface area contributed by atoms with Crippen molar-refractivity contribution >= 4 is 17.8 Å². The number of nitro groups is 1. The second-order valence-electron chi connectivity index (χ2n) is 6.98. The van der Waals surface area contributed by atoms with Gasteiger partial charge in [0.05, 0.1) is 25.7 Å². The van der Waals surface area contributed by atoms with Gasteiger partial charge in [-0.3, -0.25) is 10.1 Å². The van der Waals surface area contributed by atoms with Crippen LogP contribution in [0.25, 0.3) is 12.2 Å². The molecule has 2 aromatic carbocycles. The summed E-state index contributed by atoms with van der Waals surface area (Å²) in [6.07, 6.45) is 6.60. The summed E-state index contributed by atoms with van der Waals surface area (Å²) < 4.78 is 27.4. The Morgan fingerprint density at radius 2 is 1.84 bits per heavy atom. The minimum Gasteiger partial charge on any atom is -0.497 e. The molecule has 1 atom stereocenters. The van der Waals surface area contributed by atoms with Gasteiger partial charge < -0.3 is 23.7 Å². The van der Waals surface area contributed by atoms with Gasteiger partial charge in [0, 0.05) is 18.7 Å². The van der Waals surface area contributed by atoms with E-state index >= 15 is 0 Å². The van der Waals surface area contributed by atoms with Gasteiger partial charge in [0.15, 0.2) is 12.0 Å². The van der Waals surface area contributed by atoms with Crippen molar-refractivity contribution < 1.29 is 28.6 Å². The second kappa shape index (κ2) is 11.3. The third-order valence-corrected chi connectivity index (χ3v) is 4.80. The highest BCUT2D eigenvalue weighted by molar-refractivity contribution is 5.72. The number of benzene rings is 2. The van der Waals surface area contributed by atoms with E-state index in [9.17, 15) is 10.1 Å². The Labute approximate surface area is 181 Å². The molecule has 1 saturated heterocycles. The van der Waals surface area contributed by atoms with Crippen molar-refractivity contribution in [3.8, 4) is 17.2 Å². The van der Waals surface area contributed by atoms with Crippen LogP contribution in [0.5, 0.6) is 17.2 Å². The van der Waals surface area contributed by atoms with Crippen LogP contribution in [0.4, 0.5) is 5.69 Å². The Hall–Kier alpha value is -3.10. The summed E-state index contributed by atoms with van der Waals surface area (Å²) in [6.45, 7) is 1.57. The van der Waals surface area contributed by atoms with E-state index in [0.717, 1.165) is 31.4 Å². The maximum atomic E-state index is 11.2. The monoisotopic (exact) mass is 429 g/mol. The Balaban J connectivity index is 1.64. The van der Waals surface area contributed by atoms with E-state index in [1.54, 1.807) is 31.4 Å². The van der Waals surface area contributed by atoms with E-state index in [2.05, 4.69) is 0 Å². The number of methoxy groups -OCH3 is 2. The highest BCUT2D eigenvalue weighted by Crippen LogP contribution is 2.29. The molecule has 166 valence electrons. The summed E-state index contributed by atoms with van der Waals surface area (Å²) in [7, 11) is 2.99. The Morgan fingerprint density at radius 1 is 1.03 bits per heavy atom. The first-order chi connectivity index (χ1) is 15.1. The third kappa shape index (κ3) is 6.70. The minimum atomic E-state index is -0.464. The fraction of sp³-hybridized carbons (Fsp3) is 0.391. The molecule has 0 spiro atoms. The van der Waals surface area contributed by atoms with Crippen molar-refractivity contribution in [2.75, 3.05) is 34.0 Å². The van der Waals surface area contributed by atoms with Crippen molar-refractivity contribution in [2.24, 2.45) is 0 Å². The topological polar surface area (TPSA) is 89.3 Å². The van der Waals surface area contributed by atoms with E-state index in [-0.39, 0.29) is 17.7 Å². The predicted octanol–water partition coefficient (Wildman–Crippen LogP) is 4.70. The molecule has 0 bridgehead atoms. The first-order valence-electron chi connectivity index (χ1n) is 10.1. The minimum absolute atomic E-state index is 0.0822. The van der Waals surface area contributed by atoms with Gasteiger partial charge in [-0.2, -0.15) is 0 Å². The van der Waals surface area contributed by atoms with Crippen molar-refractivity contribution in [2.45, 2.75) is 25.6 Å². The van der Waals surface area contributed by atoms with E-state index in [1.807, 2.05) is 18.2 Å². The molecule has 1 heterocycles. The van der Waals surface area contributed by atoms with Crippen molar-refractivity contribution in [3.05, 3.63) is 57.6 Å². The first kappa shape index (κ1) is 22.6. The zero-order valence-electron chi connectivity index (χ0n) is 17.7. The molecule has 8 heteroatoms. The van der Waals surface area contributed by atoms with Gasteiger partial charge in [-0.25, -0.2) is 0 Å². The highest BCUT2D eigenvalue weighted by Gasteiger charge is 2.15. The number of rotatable bonds is 10. The van der Waals surface area contributed by atoms with Gasteiger partial charge in [-0.1, -0.05) is 18.2 Å². The molecule has 0 aliphatic carbocycles. The number of ether oxygens (including phenoxy) is 5. The molecule has 8 nitrogen and oxygen atoms in total. The molecule has 1 unspecified atom stereocenters. The highest BCUT2D eigenvalue weighted by atomic mass is 16.7. The van der Waals surface area contributed by atoms with Crippen LogP contribution in [-0.2, 0) is 9.47 Å². The Kier molecular flexibility index (Phi) is 8.26. The zero-order valence-corrected chi connectivity index (χ0v) is 17.7. The lowest BCUT2D eigenvalue weighted by Gasteiger charge is -2.22. The molecular formula is C23H27NO7. The third-order valence-electron chi connectivity index (χ3n) is 4.80. The van der Waals surface area contributed by atoms with Crippen LogP contribution in [0.2, 0.25) is 0 Å². The van der Waals surface area contributed by atoms with Crippen LogP contribution in [-0.4, -0.2) is 45.3 Å². The molecule has 3 rings (SSSR count). The fourth-order valence-corrected chi connectivity index (χ4v) is 3.22. The molecule has 31 heavy (non-hydrogen) atoms. The molecule has 1 aliphatic rings. The van der Waals surface area contributed by atoms with Crippen LogP contribution in [0.15, 0.2) is 36.4 Å². The summed E-state index contributed by atoms with van der Waals surface area (Å²) in [5, 5.41) is 11.2. The normalized spacial score (nSPS) is 16.3. The van der Waals surface area contributed by atoms with Gasteiger partial charge in [0.2, 0.25) is 0 Å². The summed E-state index contributed by atoms with van der Waals surface area (Å²) in [6, 6.07) is 10.3. The maximum absolute atomic E-state index is 11.2. The predicted molar refractivity (Wildman–Crippen MR) is 117 cm³/mol. The van der Waals surface area contributed by atoms with Crippen LogP contribution >= 0.6 is 0 Å². The summed E-state index contributed by atoms with van der Waals surface area (Å²) in [5.41, 5.74) is 1.43. The van der Waals surface area contributed by atoms with Gasteiger partial charge in [0.1, 0.15) is 18.1 Å². The standard InChI is InChI=1S/C23H27NO7/c1-27-19-13-18(7-6-17-8-9-22(28-2)21(15-17)24(25)26)14-20(16-19)29-11-12-31-23-5-3-4-10-30-23/h6-9,13-16,23H,3-5,10-12H2,1-2H3. The Morgan fingerprint density at radius 3 is 2.55 bits per heavy atom. The number of hydrogen-bond donors (Lipinski definition) is 0. The van der Waals surface area contributed by atoms with E-state index in [0.29, 0.717) is 30.3 Å². The average Bonchev–Trinajstić information content (AvgIpc) is 2.80. The largest absolute Gasteiger partial charge is 0.497 e. The van der Waals surface area contributed by atoms with Crippen molar-refractivity contribution in [1.82, 2.24) is 0 Å². The lowest BCUT2D eigenvalue weighted by molar-refractivity contribution is -0.385. The lowest BCUT2D eigenvalue weighted by atomic mass is 10.1. The van der Waals surface area contributed by atoms with Crippen LogP contribution < -0.4 is 14.2 Å². The fourth-order valence-electron chi connectivity index (χ4n) is 3.22.